The number of halogens is 1. The van der Waals surface area contributed by atoms with Crippen LogP contribution < -0.4 is 0 Å². The van der Waals surface area contributed by atoms with Crippen LogP contribution in [0.15, 0.2) is 0 Å². The molecule has 2 fully saturated rings. The minimum absolute atomic E-state index is 0.322. The van der Waals surface area contributed by atoms with Gasteiger partial charge in [0.1, 0.15) is 6.10 Å². The van der Waals surface area contributed by atoms with Crippen LogP contribution >= 0.6 is 9.69 Å². The molecule has 0 saturated heterocycles. The van der Waals surface area contributed by atoms with Crippen LogP contribution in [0.2, 0.25) is 0 Å². The fraction of sp³-hybridized carbons (Fsp3) is 0.312. The molecule has 0 aliphatic heterocycles. The van der Waals surface area contributed by atoms with Gasteiger partial charge in [-0.15, -0.1) is 0 Å². The molecule has 0 spiro atoms. The maximum absolute atomic E-state index is 8.63. The molecule has 2 aliphatic rings. The van der Waals surface area contributed by atoms with Crippen LogP contribution in [0.3, 0.4) is 0 Å². The average Bonchev–Trinajstić information content (AvgIpc) is 2.61. The van der Waals surface area contributed by atoms with Gasteiger partial charge in [0.15, 0.2) is 0 Å². The van der Waals surface area contributed by atoms with Crippen molar-refractivity contribution >= 4 is 9.69 Å². The van der Waals surface area contributed by atoms with Crippen molar-refractivity contribution in [3.05, 3.63) is 67.8 Å². The normalized spacial score (nSPS) is 24.6. The standard InChI is InChI=1S/C10H15.C6H6O.ClH.Ru/c1-6-7(2)9(4)10(5)8(6)3;7-6-4-2-1-3-5-6;;/h1-5H3;1-5,7H;1H;/q;;;+2/p-1. The summed E-state index contributed by atoms with van der Waals surface area (Å²) in [5.41, 5.74) is 0. The molecule has 0 amide bonds. The van der Waals surface area contributed by atoms with Crippen LogP contribution in [0.25, 0.3) is 0 Å². The Hall–Kier alpha value is 0.873. The molecule has 0 bridgehead atoms. The van der Waals surface area contributed by atoms with Crippen molar-refractivity contribution in [2.75, 3.05) is 0 Å². The van der Waals surface area contributed by atoms with Crippen LogP contribution in [-0.2, 0) is 17.3 Å². The summed E-state index contributed by atoms with van der Waals surface area (Å²) < 4.78 is 0. The molecule has 2 saturated carbocycles. The number of aliphatic hydroxyl groups excluding tert-OH is 1. The summed E-state index contributed by atoms with van der Waals surface area (Å²) >= 11 is 1.82. The first-order valence-electron chi connectivity index (χ1n) is 6.02. The Morgan fingerprint density at radius 1 is 0.684 bits per heavy atom. The predicted octanol–water partition coefficient (Wildman–Crippen LogP) is 4.58. The second-order valence-electron chi connectivity index (χ2n) is 4.46. The molecule has 11 radical (unpaired) electrons. The Morgan fingerprint density at radius 2 is 0.947 bits per heavy atom. The summed E-state index contributed by atoms with van der Waals surface area (Å²) in [4.78, 5) is 0. The molecule has 0 aromatic carbocycles. The van der Waals surface area contributed by atoms with Gasteiger partial charge in [-0.3, -0.25) is 0 Å². The minimum atomic E-state index is 0.322. The third-order valence-electron chi connectivity index (χ3n) is 3.57. The number of hydrogen-bond acceptors (Lipinski definition) is 1. The Kier molecular flexibility index (Phi) is 11.1. The van der Waals surface area contributed by atoms with Crippen molar-refractivity contribution in [2.45, 2.75) is 34.6 Å². The zero-order valence-electron chi connectivity index (χ0n) is 12.1. The van der Waals surface area contributed by atoms with Crippen molar-refractivity contribution in [3.8, 4) is 0 Å². The number of hydrogen-bond donors (Lipinski definition) is 1. The van der Waals surface area contributed by atoms with E-state index in [-0.39, 0.29) is 0 Å². The Balaban J connectivity index is 0.000000316. The maximum atomic E-state index is 8.63. The van der Waals surface area contributed by atoms with Crippen LogP contribution in [0, 0.1) is 67.8 Å². The Labute approximate surface area is 134 Å². The van der Waals surface area contributed by atoms with Crippen molar-refractivity contribution < 1.29 is 22.4 Å². The molecular formula is C16H21ClORu+. The van der Waals surface area contributed by atoms with Crippen LogP contribution in [0.4, 0.5) is 0 Å². The van der Waals surface area contributed by atoms with E-state index >= 15 is 0 Å². The van der Waals surface area contributed by atoms with E-state index in [0.717, 1.165) is 0 Å². The van der Waals surface area contributed by atoms with E-state index < -0.39 is 0 Å². The molecule has 3 heteroatoms. The first kappa shape index (κ1) is 19.9. The molecule has 0 aromatic heterocycles. The third-order valence-corrected chi connectivity index (χ3v) is 3.57. The summed E-state index contributed by atoms with van der Waals surface area (Å²) in [6.07, 6.45) is 9.03. The topological polar surface area (TPSA) is 20.2 Å². The summed E-state index contributed by atoms with van der Waals surface area (Å²) in [6, 6.07) is 0. The zero-order valence-corrected chi connectivity index (χ0v) is 14.6. The van der Waals surface area contributed by atoms with Crippen molar-refractivity contribution in [1.29, 1.82) is 0 Å². The zero-order chi connectivity index (χ0) is 15.0. The van der Waals surface area contributed by atoms with E-state index in [9.17, 15) is 0 Å². The molecule has 0 atom stereocenters. The third kappa shape index (κ3) is 6.45. The number of rotatable bonds is 0. The fourth-order valence-corrected chi connectivity index (χ4v) is 1.83. The van der Waals surface area contributed by atoms with Crippen molar-refractivity contribution in [1.82, 2.24) is 0 Å². The first-order valence-corrected chi connectivity index (χ1v) is 8.26. The summed E-state index contributed by atoms with van der Waals surface area (Å²) in [7, 11) is 4.57. The molecule has 0 aromatic rings. The van der Waals surface area contributed by atoms with E-state index in [1.165, 1.54) is 29.6 Å². The van der Waals surface area contributed by atoms with E-state index in [2.05, 4.69) is 44.3 Å². The van der Waals surface area contributed by atoms with E-state index in [4.69, 9.17) is 5.11 Å². The van der Waals surface area contributed by atoms with Crippen LogP contribution in [0.1, 0.15) is 34.6 Å². The molecule has 19 heavy (non-hydrogen) atoms. The van der Waals surface area contributed by atoms with Crippen molar-refractivity contribution in [3.63, 3.8) is 0 Å². The van der Waals surface area contributed by atoms with Gasteiger partial charge in [0, 0.05) is 12.8 Å². The SMILES string of the molecule is C[C]1[C](C)[C](C)[C](C)[C]1C.O[C]1[CH][CH][CH][CH][CH]1.[Cl][Ru+]. The summed E-state index contributed by atoms with van der Waals surface area (Å²) in [5.74, 6) is 7.34. The van der Waals surface area contributed by atoms with Crippen LogP contribution in [0.5, 0.6) is 0 Å². The monoisotopic (exact) mass is 366 g/mol. The first-order chi connectivity index (χ1) is 8.95. The molecule has 105 valence electrons. The van der Waals surface area contributed by atoms with Gasteiger partial charge in [0.2, 0.25) is 0 Å². The van der Waals surface area contributed by atoms with Gasteiger partial charge in [-0.25, -0.2) is 0 Å². The molecule has 0 unspecified atom stereocenters. The van der Waals surface area contributed by atoms with Crippen molar-refractivity contribution in [2.24, 2.45) is 0 Å². The second kappa shape index (κ2) is 10.6. The molecule has 1 nitrogen and oxygen atoms in total. The van der Waals surface area contributed by atoms with Gasteiger partial charge >= 0.3 is 27.0 Å². The number of aliphatic hydroxyl groups is 1. The van der Waals surface area contributed by atoms with E-state index in [1.807, 2.05) is 23.7 Å². The average molecular weight is 366 g/mol. The van der Waals surface area contributed by atoms with Gasteiger partial charge in [-0.05, 0) is 48.9 Å². The van der Waals surface area contributed by atoms with Gasteiger partial charge in [-0.1, -0.05) is 34.6 Å². The van der Waals surface area contributed by atoms with Gasteiger partial charge in [0.05, 0.1) is 0 Å². The van der Waals surface area contributed by atoms with Gasteiger partial charge in [0.25, 0.3) is 0 Å². The van der Waals surface area contributed by atoms with E-state index in [0.29, 0.717) is 6.10 Å². The van der Waals surface area contributed by atoms with E-state index in [1.54, 1.807) is 25.7 Å². The predicted molar refractivity (Wildman–Crippen MR) is 77.1 cm³/mol. The van der Waals surface area contributed by atoms with Crippen LogP contribution in [-0.4, -0.2) is 5.11 Å². The molecule has 1 N–H and O–H groups in total. The van der Waals surface area contributed by atoms with Gasteiger partial charge < -0.3 is 5.11 Å². The second-order valence-corrected chi connectivity index (χ2v) is 4.46. The fourth-order valence-electron chi connectivity index (χ4n) is 1.83. The Bertz CT molecular complexity index is 174. The Morgan fingerprint density at radius 3 is 1.11 bits per heavy atom. The van der Waals surface area contributed by atoms with Gasteiger partial charge in [-0.2, -0.15) is 0 Å². The summed E-state index contributed by atoms with van der Waals surface area (Å²) in [5, 5.41) is 8.63. The molecular weight excluding hydrogens is 345 g/mol. The molecule has 2 aliphatic carbocycles. The molecule has 0 heterocycles. The quantitative estimate of drug-likeness (QED) is 0.623. The summed E-state index contributed by atoms with van der Waals surface area (Å²) in [6.45, 7) is 11.0. The molecule has 2 rings (SSSR count).